The Kier molecular flexibility index (Phi) is 4.76. The molecule has 2 heterocycles. The molecule has 1 spiro atoms. The van der Waals surface area contributed by atoms with E-state index < -0.39 is 5.79 Å². The number of aryl methyl sites for hydroxylation is 2. The van der Waals surface area contributed by atoms with Gasteiger partial charge in [0, 0.05) is 30.8 Å². The molecule has 0 aliphatic carbocycles. The number of piperidine rings is 1. The second-order valence-corrected chi connectivity index (χ2v) is 7.06. The molecule has 2 fully saturated rings. The van der Waals surface area contributed by atoms with E-state index >= 15 is 0 Å². The number of benzene rings is 1. The maximum absolute atomic E-state index is 12.4. The number of nitrogens with zero attached hydrogens (tertiary/aromatic N) is 1. The predicted octanol–water partition coefficient (Wildman–Crippen LogP) is 2.76. The lowest BCUT2D eigenvalue weighted by atomic mass is 10.0. The molecular formula is C17H23NO3S. The van der Waals surface area contributed by atoms with E-state index in [1.807, 2.05) is 4.90 Å². The van der Waals surface area contributed by atoms with Crippen LogP contribution in [-0.2, 0) is 14.3 Å². The number of carbonyl (C=O) groups excluding carboxylic acids is 1. The number of ether oxygens (including phenoxy) is 2. The van der Waals surface area contributed by atoms with Crippen molar-refractivity contribution in [2.24, 2.45) is 0 Å². The third-order valence-electron chi connectivity index (χ3n) is 4.39. The molecule has 0 atom stereocenters. The molecule has 0 N–H and O–H groups in total. The Balaban J connectivity index is 1.51. The molecule has 120 valence electrons. The first-order chi connectivity index (χ1) is 10.6. The van der Waals surface area contributed by atoms with Crippen LogP contribution in [0.1, 0.15) is 24.0 Å². The average Bonchev–Trinajstić information content (AvgIpc) is 2.97. The summed E-state index contributed by atoms with van der Waals surface area (Å²) in [5.41, 5.74) is 2.46. The van der Waals surface area contributed by atoms with Gasteiger partial charge in [0.25, 0.3) is 0 Å². The Bertz CT molecular complexity index is 545. The van der Waals surface area contributed by atoms with Crippen LogP contribution in [0, 0.1) is 13.8 Å². The second-order valence-electron chi connectivity index (χ2n) is 6.05. The quantitative estimate of drug-likeness (QED) is 0.803. The van der Waals surface area contributed by atoms with E-state index in [0.29, 0.717) is 19.0 Å². The molecule has 2 saturated heterocycles. The molecule has 3 rings (SSSR count). The van der Waals surface area contributed by atoms with Crippen molar-refractivity contribution in [2.75, 3.05) is 32.1 Å². The van der Waals surface area contributed by atoms with Crippen LogP contribution in [0.15, 0.2) is 23.1 Å². The maximum Gasteiger partial charge on any atom is 0.232 e. The van der Waals surface area contributed by atoms with Crippen LogP contribution < -0.4 is 0 Å². The number of carbonyl (C=O) groups is 1. The fourth-order valence-electron chi connectivity index (χ4n) is 2.98. The van der Waals surface area contributed by atoms with E-state index in [1.165, 1.54) is 16.0 Å². The Labute approximate surface area is 136 Å². The van der Waals surface area contributed by atoms with Crippen molar-refractivity contribution in [3.63, 3.8) is 0 Å². The van der Waals surface area contributed by atoms with Crippen molar-refractivity contribution in [2.45, 2.75) is 37.4 Å². The molecule has 0 radical (unpaired) electrons. The average molecular weight is 321 g/mol. The summed E-state index contributed by atoms with van der Waals surface area (Å²) in [5, 5.41) is 0. The molecule has 1 aromatic rings. The van der Waals surface area contributed by atoms with Crippen molar-refractivity contribution >= 4 is 17.7 Å². The molecule has 4 nitrogen and oxygen atoms in total. The largest absolute Gasteiger partial charge is 0.347 e. The van der Waals surface area contributed by atoms with E-state index in [2.05, 4.69) is 32.0 Å². The zero-order valence-electron chi connectivity index (χ0n) is 13.3. The fourth-order valence-corrected chi connectivity index (χ4v) is 4.00. The minimum absolute atomic E-state index is 0.207. The number of hydrogen-bond donors (Lipinski definition) is 0. The Morgan fingerprint density at radius 1 is 1.23 bits per heavy atom. The molecule has 0 unspecified atom stereocenters. The lowest BCUT2D eigenvalue weighted by Crippen LogP contribution is -2.47. The number of amides is 1. The van der Waals surface area contributed by atoms with Gasteiger partial charge in [-0.15, -0.1) is 11.8 Å². The number of rotatable bonds is 3. The molecule has 2 aliphatic rings. The summed E-state index contributed by atoms with van der Waals surface area (Å²) in [4.78, 5) is 15.5. The van der Waals surface area contributed by atoms with Crippen molar-refractivity contribution in [1.82, 2.24) is 4.90 Å². The lowest BCUT2D eigenvalue weighted by Gasteiger charge is -2.37. The van der Waals surface area contributed by atoms with E-state index in [9.17, 15) is 4.79 Å². The second kappa shape index (κ2) is 6.60. The van der Waals surface area contributed by atoms with Crippen LogP contribution in [-0.4, -0.2) is 48.7 Å². The van der Waals surface area contributed by atoms with Gasteiger partial charge in [-0.2, -0.15) is 0 Å². The first kappa shape index (κ1) is 15.8. The molecular weight excluding hydrogens is 298 g/mol. The van der Waals surface area contributed by atoms with Gasteiger partial charge in [0.1, 0.15) is 0 Å². The first-order valence-corrected chi connectivity index (χ1v) is 8.82. The standard InChI is InChI=1S/C17H23NO3S/c1-13-3-4-14(2)15(11-13)22-12-16(19)18-7-5-17(6-8-18)20-9-10-21-17/h3-4,11H,5-10,12H2,1-2H3. The summed E-state index contributed by atoms with van der Waals surface area (Å²) in [6, 6.07) is 6.37. The highest BCUT2D eigenvalue weighted by atomic mass is 32.2. The van der Waals surface area contributed by atoms with E-state index in [1.54, 1.807) is 11.8 Å². The predicted molar refractivity (Wildman–Crippen MR) is 87.1 cm³/mol. The highest BCUT2D eigenvalue weighted by Crippen LogP contribution is 2.32. The van der Waals surface area contributed by atoms with Gasteiger partial charge in [-0.3, -0.25) is 4.79 Å². The molecule has 2 aliphatic heterocycles. The molecule has 0 bridgehead atoms. The molecule has 1 amide bonds. The van der Waals surface area contributed by atoms with Crippen molar-refractivity contribution in [3.8, 4) is 0 Å². The van der Waals surface area contributed by atoms with Gasteiger partial charge >= 0.3 is 0 Å². The SMILES string of the molecule is Cc1ccc(C)c(SCC(=O)N2CCC3(CC2)OCCO3)c1. The smallest absolute Gasteiger partial charge is 0.232 e. The summed E-state index contributed by atoms with van der Waals surface area (Å²) < 4.78 is 11.4. The Morgan fingerprint density at radius 3 is 2.59 bits per heavy atom. The summed E-state index contributed by atoms with van der Waals surface area (Å²) in [6.45, 7) is 6.98. The molecule has 0 aromatic heterocycles. The highest BCUT2D eigenvalue weighted by molar-refractivity contribution is 8.00. The minimum Gasteiger partial charge on any atom is -0.347 e. The van der Waals surface area contributed by atoms with Crippen LogP contribution in [0.4, 0.5) is 0 Å². The third kappa shape index (κ3) is 3.47. The Morgan fingerprint density at radius 2 is 1.91 bits per heavy atom. The van der Waals surface area contributed by atoms with Gasteiger partial charge in [-0.1, -0.05) is 17.7 Å². The first-order valence-electron chi connectivity index (χ1n) is 7.84. The van der Waals surface area contributed by atoms with Crippen molar-refractivity contribution < 1.29 is 14.3 Å². The van der Waals surface area contributed by atoms with Crippen LogP contribution in [0.2, 0.25) is 0 Å². The third-order valence-corrected chi connectivity index (χ3v) is 5.53. The summed E-state index contributed by atoms with van der Waals surface area (Å²) in [5.74, 6) is 0.300. The summed E-state index contributed by atoms with van der Waals surface area (Å²) >= 11 is 1.63. The van der Waals surface area contributed by atoms with E-state index in [-0.39, 0.29) is 5.91 Å². The monoisotopic (exact) mass is 321 g/mol. The van der Waals surface area contributed by atoms with Crippen LogP contribution >= 0.6 is 11.8 Å². The number of likely N-dealkylation sites (tertiary alicyclic amines) is 1. The van der Waals surface area contributed by atoms with E-state index in [0.717, 1.165) is 25.9 Å². The zero-order valence-corrected chi connectivity index (χ0v) is 14.1. The van der Waals surface area contributed by atoms with Gasteiger partial charge in [0.2, 0.25) is 5.91 Å². The molecule has 22 heavy (non-hydrogen) atoms. The van der Waals surface area contributed by atoms with E-state index in [4.69, 9.17) is 9.47 Å². The summed E-state index contributed by atoms with van der Waals surface area (Å²) in [6.07, 6.45) is 1.57. The number of hydrogen-bond acceptors (Lipinski definition) is 4. The number of thioether (sulfide) groups is 1. The van der Waals surface area contributed by atoms with Gasteiger partial charge in [0.05, 0.1) is 19.0 Å². The van der Waals surface area contributed by atoms with Crippen LogP contribution in [0.3, 0.4) is 0 Å². The van der Waals surface area contributed by atoms with Crippen LogP contribution in [0.25, 0.3) is 0 Å². The molecule has 5 heteroatoms. The van der Waals surface area contributed by atoms with Gasteiger partial charge in [-0.25, -0.2) is 0 Å². The Hall–Kier alpha value is -1.04. The minimum atomic E-state index is -0.406. The van der Waals surface area contributed by atoms with Crippen molar-refractivity contribution in [1.29, 1.82) is 0 Å². The van der Waals surface area contributed by atoms with Gasteiger partial charge in [0.15, 0.2) is 5.79 Å². The van der Waals surface area contributed by atoms with Crippen LogP contribution in [0.5, 0.6) is 0 Å². The zero-order chi connectivity index (χ0) is 15.6. The maximum atomic E-state index is 12.4. The van der Waals surface area contributed by atoms with Gasteiger partial charge < -0.3 is 14.4 Å². The fraction of sp³-hybridized carbons (Fsp3) is 0.588. The van der Waals surface area contributed by atoms with Gasteiger partial charge in [-0.05, 0) is 25.5 Å². The molecule has 0 saturated carbocycles. The normalized spacial score (nSPS) is 20.5. The lowest BCUT2D eigenvalue weighted by molar-refractivity contribution is -0.186. The summed E-state index contributed by atoms with van der Waals surface area (Å²) in [7, 11) is 0. The van der Waals surface area contributed by atoms with Crippen molar-refractivity contribution in [3.05, 3.63) is 29.3 Å². The highest BCUT2D eigenvalue weighted by Gasteiger charge is 2.40. The topological polar surface area (TPSA) is 38.8 Å². The molecule has 1 aromatic carbocycles.